The second-order valence-electron chi connectivity index (χ2n) is 9.25. The van der Waals surface area contributed by atoms with Gasteiger partial charge in [-0.3, -0.25) is 14.1 Å². The highest BCUT2D eigenvalue weighted by atomic mass is 19.1. The van der Waals surface area contributed by atoms with Gasteiger partial charge >= 0.3 is 0 Å². The number of benzene rings is 1. The summed E-state index contributed by atoms with van der Waals surface area (Å²) in [6.45, 7) is 4.35. The molecule has 1 saturated carbocycles. The second-order valence-corrected chi connectivity index (χ2v) is 9.25. The van der Waals surface area contributed by atoms with Crippen LogP contribution in [0.2, 0.25) is 0 Å². The lowest BCUT2D eigenvalue weighted by Gasteiger charge is -2.30. The van der Waals surface area contributed by atoms with Crippen LogP contribution in [0.1, 0.15) is 38.0 Å². The van der Waals surface area contributed by atoms with E-state index < -0.39 is 5.82 Å². The Bertz CT molecular complexity index is 1410. The molecule has 1 aliphatic heterocycles. The number of aliphatic hydroxyl groups is 1. The van der Waals surface area contributed by atoms with Gasteiger partial charge in [-0.2, -0.15) is 4.98 Å². The fraction of sp³-hybridized carbons (Fsp3) is 0.478. The number of likely N-dealkylation sites (tertiary alicyclic amines) is 1. The molecule has 0 radical (unpaired) electrons. The Labute approximate surface area is 188 Å². The fourth-order valence-electron chi connectivity index (χ4n) is 4.93. The second kappa shape index (κ2) is 7.74. The molecular formula is C23H25FN6O3. The summed E-state index contributed by atoms with van der Waals surface area (Å²) in [5.41, 5.74) is 1.04. The van der Waals surface area contributed by atoms with E-state index in [4.69, 9.17) is 4.52 Å². The highest BCUT2D eigenvalue weighted by molar-refractivity contribution is 5.84. The summed E-state index contributed by atoms with van der Waals surface area (Å²) in [4.78, 5) is 24.7. The van der Waals surface area contributed by atoms with Crippen molar-refractivity contribution in [2.45, 2.75) is 44.8 Å². The van der Waals surface area contributed by atoms with Crippen LogP contribution in [-0.4, -0.2) is 59.8 Å². The molecule has 6 rings (SSSR count). The maximum Gasteiger partial charge on any atom is 0.277 e. The number of aliphatic hydroxyl groups excluding tert-OH is 1. The molecule has 0 spiro atoms. The van der Waals surface area contributed by atoms with Gasteiger partial charge in [0.25, 0.3) is 5.56 Å². The molecule has 1 N–H and O–H groups in total. The molecule has 0 bridgehead atoms. The number of β-amino-alcohol motifs (C(OH)–C–C–N with tert-alkyl or cyclic N) is 1. The van der Waals surface area contributed by atoms with Crippen molar-refractivity contribution in [2.75, 3.05) is 19.6 Å². The van der Waals surface area contributed by atoms with Crippen LogP contribution < -0.4 is 5.56 Å². The molecule has 4 heterocycles. The van der Waals surface area contributed by atoms with Crippen molar-refractivity contribution in [3.05, 3.63) is 46.6 Å². The predicted molar refractivity (Wildman–Crippen MR) is 118 cm³/mol. The molecule has 0 amide bonds. The van der Waals surface area contributed by atoms with Gasteiger partial charge in [0.2, 0.25) is 11.7 Å². The van der Waals surface area contributed by atoms with Crippen molar-refractivity contribution in [3.63, 3.8) is 0 Å². The van der Waals surface area contributed by atoms with Gasteiger partial charge in [0.15, 0.2) is 0 Å². The van der Waals surface area contributed by atoms with E-state index >= 15 is 0 Å². The third-order valence-electron chi connectivity index (χ3n) is 6.91. The molecule has 3 aromatic heterocycles. The minimum absolute atomic E-state index is 0.233. The molecule has 3 atom stereocenters. The van der Waals surface area contributed by atoms with Crippen LogP contribution >= 0.6 is 0 Å². The van der Waals surface area contributed by atoms with Crippen molar-refractivity contribution >= 4 is 16.6 Å². The zero-order valence-electron chi connectivity index (χ0n) is 18.3. The highest BCUT2D eigenvalue weighted by Crippen LogP contribution is 2.46. The van der Waals surface area contributed by atoms with Crippen LogP contribution in [0.15, 0.2) is 33.8 Å². The molecule has 1 aromatic carbocycles. The number of hydrogen-bond donors (Lipinski definition) is 1. The van der Waals surface area contributed by atoms with E-state index in [0.29, 0.717) is 48.2 Å². The number of fused-ring (bicyclic) bond motifs is 3. The van der Waals surface area contributed by atoms with Crippen molar-refractivity contribution in [1.82, 2.24) is 29.0 Å². The van der Waals surface area contributed by atoms with Gasteiger partial charge in [-0.15, -0.1) is 0 Å². The first-order valence-corrected chi connectivity index (χ1v) is 11.4. The standard InChI is InChI=1S/C23H25FN6O3/c1-13-10-15(13)22-26-21(27-33-22)18-20-23(32)29(9-8-28-7-3-4-14(31)11-28)19-16(24)5-2-6-17(19)30(20)12-25-18/h2,5-6,12-15,31H,3-4,7-11H2,1H3. The first-order valence-electron chi connectivity index (χ1n) is 11.4. The summed E-state index contributed by atoms with van der Waals surface area (Å²) in [6.07, 6.45) is 3.83. The highest BCUT2D eigenvalue weighted by Gasteiger charge is 2.39. The third-order valence-corrected chi connectivity index (χ3v) is 6.91. The van der Waals surface area contributed by atoms with Crippen molar-refractivity contribution < 1.29 is 14.0 Å². The first kappa shape index (κ1) is 20.5. The fourth-order valence-corrected chi connectivity index (χ4v) is 4.93. The van der Waals surface area contributed by atoms with Gasteiger partial charge in [0.1, 0.15) is 28.9 Å². The Kier molecular flexibility index (Phi) is 4.81. The van der Waals surface area contributed by atoms with Crippen LogP contribution in [-0.2, 0) is 6.54 Å². The number of halogens is 1. The van der Waals surface area contributed by atoms with Gasteiger partial charge in [0, 0.05) is 25.6 Å². The minimum Gasteiger partial charge on any atom is -0.392 e. The molecule has 1 aliphatic carbocycles. The molecule has 4 aromatic rings. The molecule has 1 saturated heterocycles. The van der Waals surface area contributed by atoms with E-state index in [-0.39, 0.29) is 28.9 Å². The molecule has 33 heavy (non-hydrogen) atoms. The summed E-state index contributed by atoms with van der Waals surface area (Å²) in [5, 5.41) is 14.1. The van der Waals surface area contributed by atoms with Gasteiger partial charge in [-0.1, -0.05) is 18.1 Å². The SMILES string of the molecule is CC1CC1c1nc(-c2ncn3c2c(=O)n(CCN2CCCC(O)C2)c2c(F)cccc23)no1. The summed E-state index contributed by atoms with van der Waals surface area (Å²) in [6, 6.07) is 4.74. The average molecular weight is 452 g/mol. The zero-order valence-corrected chi connectivity index (χ0v) is 18.3. The monoisotopic (exact) mass is 452 g/mol. The Morgan fingerprint density at radius 1 is 1.27 bits per heavy atom. The normalized spacial score (nSPS) is 23.5. The molecule has 2 aliphatic rings. The van der Waals surface area contributed by atoms with Crippen molar-refractivity contribution in [1.29, 1.82) is 0 Å². The molecule has 9 nitrogen and oxygen atoms in total. The van der Waals surface area contributed by atoms with E-state index in [1.807, 2.05) is 0 Å². The minimum atomic E-state index is -0.468. The Hall–Kier alpha value is -3.11. The van der Waals surface area contributed by atoms with Crippen molar-refractivity contribution in [3.8, 4) is 11.5 Å². The quantitative estimate of drug-likeness (QED) is 0.496. The Balaban J connectivity index is 1.47. The summed E-state index contributed by atoms with van der Waals surface area (Å²) in [7, 11) is 0. The lowest BCUT2D eigenvalue weighted by atomic mass is 10.1. The Morgan fingerprint density at radius 2 is 2.12 bits per heavy atom. The number of piperidine rings is 1. The summed E-state index contributed by atoms with van der Waals surface area (Å²) < 4.78 is 23.5. The lowest BCUT2D eigenvalue weighted by Crippen LogP contribution is -2.41. The average Bonchev–Trinajstić information content (AvgIpc) is 3.17. The largest absolute Gasteiger partial charge is 0.392 e. The topological polar surface area (TPSA) is 102 Å². The number of imidazole rings is 1. The lowest BCUT2D eigenvalue weighted by molar-refractivity contribution is 0.0689. The van der Waals surface area contributed by atoms with E-state index in [9.17, 15) is 14.3 Å². The summed E-state index contributed by atoms with van der Waals surface area (Å²) >= 11 is 0. The zero-order chi connectivity index (χ0) is 22.7. The van der Waals surface area contributed by atoms with Crippen LogP contribution in [0.5, 0.6) is 0 Å². The number of aromatic nitrogens is 5. The number of nitrogens with zero attached hydrogens (tertiary/aromatic N) is 6. The maximum atomic E-state index is 15.0. The van der Waals surface area contributed by atoms with Crippen LogP contribution in [0, 0.1) is 11.7 Å². The number of para-hydroxylation sites is 1. The molecule has 3 unspecified atom stereocenters. The van der Waals surface area contributed by atoms with Crippen molar-refractivity contribution in [2.24, 2.45) is 5.92 Å². The molecule has 2 fully saturated rings. The third kappa shape index (κ3) is 3.44. The van der Waals surface area contributed by atoms with Crippen LogP contribution in [0.3, 0.4) is 0 Å². The number of hydrogen-bond acceptors (Lipinski definition) is 7. The van der Waals surface area contributed by atoms with E-state index in [0.717, 1.165) is 25.8 Å². The summed E-state index contributed by atoms with van der Waals surface area (Å²) in [5.74, 6) is 1.13. The van der Waals surface area contributed by atoms with Gasteiger partial charge in [0.05, 0.1) is 11.6 Å². The molecular weight excluding hydrogens is 427 g/mol. The first-order chi connectivity index (χ1) is 16.0. The predicted octanol–water partition coefficient (Wildman–Crippen LogP) is 2.42. The van der Waals surface area contributed by atoms with Gasteiger partial charge in [-0.05, 0) is 43.9 Å². The van der Waals surface area contributed by atoms with E-state index in [1.54, 1.807) is 16.5 Å². The molecule has 10 heteroatoms. The van der Waals surface area contributed by atoms with E-state index in [2.05, 4.69) is 26.9 Å². The van der Waals surface area contributed by atoms with Gasteiger partial charge < -0.3 is 14.2 Å². The maximum absolute atomic E-state index is 15.0. The van der Waals surface area contributed by atoms with Crippen LogP contribution in [0.4, 0.5) is 4.39 Å². The smallest absolute Gasteiger partial charge is 0.277 e. The molecule has 172 valence electrons. The number of rotatable bonds is 5. The van der Waals surface area contributed by atoms with E-state index in [1.165, 1.54) is 17.0 Å². The Morgan fingerprint density at radius 3 is 2.91 bits per heavy atom. The van der Waals surface area contributed by atoms with Crippen LogP contribution in [0.25, 0.3) is 28.1 Å². The van der Waals surface area contributed by atoms with Gasteiger partial charge in [-0.25, -0.2) is 9.37 Å².